The van der Waals surface area contributed by atoms with E-state index >= 15 is 0 Å². The van der Waals surface area contributed by atoms with Crippen LogP contribution in [0.25, 0.3) is 54.2 Å². The average molecular weight is 847 g/mol. The van der Waals surface area contributed by atoms with Crippen LogP contribution in [0.1, 0.15) is 44.5 Å². The van der Waals surface area contributed by atoms with Crippen molar-refractivity contribution in [3.05, 3.63) is 264 Å². The number of nitrogens with zero attached hydrogens (tertiary/aromatic N) is 2. The number of aryl methyl sites for hydroxylation is 4. The maximum Gasteiger partial charge on any atom is 0.0788 e. The Bertz CT molecular complexity index is 3590. The number of hydrogen-bond acceptors (Lipinski definition) is 2. The Balaban J connectivity index is 1.22. The molecule has 2 nitrogen and oxygen atoms in total. The lowest BCUT2D eigenvalue weighted by Gasteiger charge is -2.35. The molecule has 11 rings (SSSR count). The highest BCUT2D eigenvalue weighted by Gasteiger charge is 2.28. The van der Waals surface area contributed by atoms with E-state index in [1.165, 1.54) is 65.3 Å². The van der Waals surface area contributed by atoms with Crippen LogP contribution in [0.15, 0.2) is 219 Å². The molecule has 11 aromatic carbocycles. The van der Waals surface area contributed by atoms with Crippen LogP contribution in [-0.4, -0.2) is 0 Å². The fourth-order valence-corrected chi connectivity index (χ4v) is 9.78. The van der Waals surface area contributed by atoms with Gasteiger partial charge >= 0.3 is 0 Å². The van der Waals surface area contributed by atoms with Crippen molar-refractivity contribution in [2.75, 3.05) is 9.80 Å². The Morgan fingerprint density at radius 1 is 0.318 bits per heavy atom. The predicted molar refractivity (Wildman–Crippen MR) is 285 cm³/mol. The number of fused-ring (bicyclic) bond motifs is 2. The molecular weight excluding hydrogens is 797 g/mol. The zero-order valence-corrected chi connectivity index (χ0v) is 37.9. The maximum absolute atomic E-state index is 4.57. The molecular formula is C64H50N2. The summed E-state index contributed by atoms with van der Waals surface area (Å²) in [6.45, 7) is 17.7. The molecule has 0 aliphatic rings. The van der Waals surface area contributed by atoms with Gasteiger partial charge in [0, 0.05) is 28.1 Å². The highest BCUT2D eigenvalue weighted by molar-refractivity contribution is 6.37. The summed E-state index contributed by atoms with van der Waals surface area (Å²) in [4.78, 5) is 4.94. The molecule has 0 atom stereocenters. The lowest BCUT2D eigenvalue weighted by Crippen LogP contribution is -2.18. The van der Waals surface area contributed by atoms with E-state index in [9.17, 15) is 0 Å². The van der Waals surface area contributed by atoms with Gasteiger partial charge in [0.2, 0.25) is 0 Å². The van der Waals surface area contributed by atoms with Crippen molar-refractivity contribution in [1.29, 1.82) is 0 Å². The molecule has 0 unspecified atom stereocenters. The Morgan fingerprint density at radius 2 is 0.652 bits per heavy atom. The molecule has 0 N–H and O–H groups in total. The van der Waals surface area contributed by atoms with Crippen LogP contribution in [0.2, 0.25) is 0 Å². The fourth-order valence-electron chi connectivity index (χ4n) is 9.78. The Hall–Kier alpha value is -8.20. The van der Waals surface area contributed by atoms with Crippen molar-refractivity contribution in [3.8, 4) is 0 Å². The van der Waals surface area contributed by atoms with Gasteiger partial charge in [-0.25, -0.2) is 0 Å². The quantitative estimate of drug-likeness (QED) is 0.0999. The summed E-state index contributed by atoms with van der Waals surface area (Å²) in [5.74, 6) is 0. The fraction of sp³-hybridized carbons (Fsp3) is 0.0625. The second-order valence-corrected chi connectivity index (χ2v) is 17.9. The first-order valence-electron chi connectivity index (χ1n) is 22.8. The van der Waals surface area contributed by atoms with Gasteiger partial charge in [-0.3, -0.25) is 0 Å². The van der Waals surface area contributed by atoms with E-state index in [1.807, 2.05) is 0 Å². The minimum atomic E-state index is 0.997. The third-order valence-corrected chi connectivity index (χ3v) is 13.4. The van der Waals surface area contributed by atoms with Gasteiger partial charge in [0.1, 0.15) is 0 Å². The Kier molecular flexibility index (Phi) is 10.1. The van der Waals surface area contributed by atoms with Crippen molar-refractivity contribution in [1.82, 2.24) is 0 Å². The smallest absolute Gasteiger partial charge is 0.0788 e. The minimum absolute atomic E-state index is 0.997. The summed E-state index contributed by atoms with van der Waals surface area (Å²) < 4.78 is 0. The van der Waals surface area contributed by atoms with Gasteiger partial charge in [-0.1, -0.05) is 187 Å². The first-order valence-corrected chi connectivity index (χ1v) is 22.8. The summed E-state index contributed by atoms with van der Waals surface area (Å²) in [6, 6.07) is 75.8. The number of benzene rings is 11. The normalized spacial score (nSPS) is 11.5. The molecule has 66 heavy (non-hydrogen) atoms. The minimum Gasteiger partial charge on any atom is -0.308 e. The number of hydrogen-bond donors (Lipinski definition) is 0. The molecule has 0 heterocycles. The Morgan fingerprint density at radius 3 is 1.09 bits per heavy atom. The van der Waals surface area contributed by atoms with E-state index < -0.39 is 0 Å². The predicted octanol–water partition coefficient (Wildman–Crippen LogP) is 18.0. The molecule has 0 bridgehead atoms. The highest BCUT2D eigenvalue weighted by Crippen LogP contribution is 2.54. The van der Waals surface area contributed by atoms with Crippen molar-refractivity contribution >= 4 is 88.4 Å². The number of anilines is 6. The van der Waals surface area contributed by atoms with Crippen molar-refractivity contribution < 1.29 is 0 Å². The largest absolute Gasteiger partial charge is 0.308 e. The Labute approximate surface area is 388 Å². The average Bonchev–Trinajstić information content (AvgIpc) is 3.35. The maximum atomic E-state index is 4.57. The molecule has 0 radical (unpaired) electrons. The van der Waals surface area contributed by atoms with E-state index in [4.69, 9.17) is 0 Å². The summed E-state index contributed by atoms with van der Waals surface area (Å²) in [6.07, 6.45) is 0. The monoisotopic (exact) mass is 846 g/mol. The summed E-state index contributed by atoms with van der Waals surface area (Å²) in [7, 11) is 0. The third-order valence-electron chi connectivity index (χ3n) is 13.4. The van der Waals surface area contributed by atoms with Crippen LogP contribution >= 0.6 is 0 Å². The molecule has 0 spiro atoms. The lowest BCUT2D eigenvalue weighted by molar-refractivity contribution is 1.23. The van der Waals surface area contributed by atoms with Gasteiger partial charge in [-0.05, 0) is 153 Å². The van der Waals surface area contributed by atoms with Crippen molar-refractivity contribution in [2.45, 2.75) is 27.7 Å². The van der Waals surface area contributed by atoms with Crippen LogP contribution in [0.4, 0.5) is 34.1 Å². The topological polar surface area (TPSA) is 6.48 Å². The summed E-state index contributed by atoms with van der Waals surface area (Å²) in [5.41, 5.74) is 17.7. The van der Waals surface area contributed by atoms with Crippen LogP contribution in [-0.2, 0) is 0 Å². The molecule has 0 amide bonds. The molecule has 0 aliphatic carbocycles. The number of rotatable bonds is 10. The standard InChI is InChI=1S/C64H50N2/c1-41-16-24-47(25-17-41)45(5)49-28-36-54(37-29-49)65(53-32-20-43(3)21-33-53)60-40-52-12-9-14-58-57-13-7-10-51-11-8-15-59(61(51)57)63(62(52)58)64(60)66(55-34-22-44(4)23-35-55)56-38-30-50(31-39-56)46(6)48-26-18-42(2)19-27-48/h7-40H,5-6H2,1-4H3. The molecule has 2 heteroatoms. The van der Waals surface area contributed by atoms with E-state index in [0.29, 0.717) is 0 Å². The van der Waals surface area contributed by atoms with Crippen molar-refractivity contribution in [3.63, 3.8) is 0 Å². The lowest BCUT2D eigenvalue weighted by atomic mass is 9.87. The SMILES string of the molecule is C=C(c1ccc(C)cc1)c1ccc(N(c2ccc(C)cc2)c2cc3cccc4c5cccc6cccc(c(c2N(c2ccc(C)cc2)c2ccc(C(=C)c7ccc(C)cc7)cc2)c34)c65)cc1. The van der Waals surface area contributed by atoms with Gasteiger partial charge in [0.05, 0.1) is 11.4 Å². The molecule has 0 aliphatic heterocycles. The van der Waals surface area contributed by atoms with E-state index in [2.05, 4.69) is 257 Å². The van der Waals surface area contributed by atoms with E-state index in [0.717, 1.165) is 67.5 Å². The van der Waals surface area contributed by atoms with Gasteiger partial charge in [-0.15, -0.1) is 0 Å². The molecule has 0 aromatic heterocycles. The van der Waals surface area contributed by atoms with Crippen LogP contribution < -0.4 is 9.80 Å². The van der Waals surface area contributed by atoms with Crippen LogP contribution in [0.3, 0.4) is 0 Å². The second kappa shape index (κ2) is 16.4. The zero-order chi connectivity index (χ0) is 45.1. The van der Waals surface area contributed by atoms with E-state index in [-0.39, 0.29) is 0 Å². The van der Waals surface area contributed by atoms with Gasteiger partial charge in [0.25, 0.3) is 0 Å². The van der Waals surface area contributed by atoms with Gasteiger partial charge in [-0.2, -0.15) is 0 Å². The van der Waals surface area contributed by atoms with E-state index in [1.54, 1.807) is 0 Å². The zero-order valence-electron chi connectivity index (χ0n) is 37.9. The molecule has 11 aromatic rings. The van der Waals surface area contributed by atoms with Crippen LogP contribution in [0.5, 0.6) is 0 Å². The van der Waals surface area contributed by atoms with Crippen LogP contribution in [0, 0.1) is 27.7 Å². The van der Waals surface area contributed by atoms with Gasteiger partial charge in [0.15, 0.2) is 0 Å². The van der Waals surface area contributed by atoms with Crippen molar-refractivity contribution in [2.24, 2.45) is 0 Å². The summed E-state index contributed by atoms with van der Waals surface area (Å²) >= 11 is 0. The first-order chi connectivity index (χ1) is 32.2. The summed E-state index contributed by atoms with van der Waals surface area (Å²) in [5, 5.41) is 9.86. The van der Waals surface area contributed by atoms with Gasteiger partial charge < -0.3 is 9.80 Å². The highest BCUT2D eigenvalue weighted by atomic mass is 15.2. The third kappa shape index (κ3) is 7.08. The first kappa shape index (κ1) is 40.6. The molecule has 0 fully saturated rings. The molecule has 0 saturated carbocycles. The second-order valence-electron chi connectivity index (χ2n) is 17.9. The molecule has 316 valence electrons. The molecule has 0 saturated heterocycles.